The Morgan fingerprint density at radius 3 is 2.60 bits per heavy atom. The van der Waals surface area contributed by atoms with Gasteiger partial charge in [0.25, 0.3) is 5.91 Å². The predicted octanol–water partition coefficient (Wildman–Crippen LogP) is 1.48. The van der Waals surface area contributed by atoms with Crippen LogP contribution in [0.5, 0.6) is 5.75 Å². The fourth-order valence-corrected chi connectivity index (χ4v) is 2.15. The number of alkyl halides is 1. The summed E-state index contributed by atoms with van der Waals surface area (Å²) in [5.74, 6) is -1.39. The maximum atomic E-state index is 13.9. The summed E-state index contributed by atoms with van der Waals surface area (Å²) < 4.78 is 19.4. The highest BCUT2D eigenvalue weighted by Crippen LogP contribution is 2.26. The molecule has 1 amide bonds. The first-order chi connectivity index (χ1) is 9.42. The van der Waals surface area contributed by atoms with Crippen LogP contribution >= 0.6 is 0 Å². The van der Waals surface area contributed by atoms with Gasteiger partial charge in [-0.15, -0.1) is 0 Å². The second-order valence-electron chi connectivity index (χ2n) is 4.85. The van der Waals surface area contributed by atoms with Crippen molar-refractivity contribution >= 4 is 11.9 Å². The van der Waals surface area contributed by atoms with Crippen molar-refractivity contribution in [1.29, 1.82) is 0 Å². The molecule has 5 nitrogen and oxygen atoms in total. The quantitative estimate of drug-likeness (QED) is 0.907. The molecule has 0 saturated carbocycles. The van der Waals surface area contributed by atoms with Crippen molar-refractivity contribution in [1.82, 2.24) is 4.90 Å². The molecule has 0 aromatic heterocycles. The third-order valence-corrected chi connectivity index (χ3v) is 3.32. The highest BCUT2D eigenvalue weighted by Gasteiger charge is 2.47. The highest BCUT2D eigenvalue weighted by molar-refractivity contribution is 5.84. The second-order valence-corrected chi connectivity index (χ2v) is 4.85. The number of halogens is 1. The third-order valence-electron chi connectivity index (χ3n) is 3.32. The number of likely N-dealkylation sites (tertiary alicyclic amines) is 1. The minimum Gasteiger partial charge on any atom is -0.481 e. The number of rotatable bonds is 4. The Balaban J connectivity index is 1.97. The molecule has 1 saturated heterocycles. The van der Waals surface area contributed by atoms with Crippen LogP contribution in [0.2, 0.25) is 0 Å². The van der Waals surface area contributed by atoms with Gasteiger partial charge >= 0.3 is 5.97 Å². The van der Waals surface area contributed by atoms with E-state index < -0.39 is 30.2 Å². The van der Waals surface area contributed by atoms with E-state index in [0.717, 1.165) is 0 Å². The zero-order valence-electron chi connectivity index (χ0n) is 11.1. The van der Waals surface area contributed by atoms with Crippen LogP contribution in [0.25, 0.3) is 0 Å². The minimum absolute atomic E-state index is 0.0874. The number of nitrogens with zero attached hydrogens (tertiary/aromatic N) is 1. The van der Waals surface area contributed by atoms with E-state index in [9.17, 15) is 14.0 Å². The summed E-state index contributed by atoms with van der Waals surface area (Å²) in [6, 6.07) is 8.80. The molecule has 1 heterocycles. The van der Waals surface area contributed by atoms with Crippen molar-refractivity contribution in [3.05, 3.63) is 30.3 Å². The van der Waals surface area contributed by atoms with Crippen molar-refractivity contribution < 1.29 is 23.8 Å². The van der Waals surface area contributed by atoms with Crippen molar-refractivity contribution in [3.8, 4) is 5.75 Å². The standard InChI is InChI=1S/C14H16FNO4/c1-10(20-11-5-3-2-4-6-11)12(17)16-8-7-14(15,9-16)13(18)19/h2-6,10H,7-9H2,1H3,(H,18,19). The first-order valence-corrected chi connectivity index (χ1v) is 6.35. The molecule has 2 atom stereocenters. The molecule has 1 fully saturated rings. The highest BCUT2D eigenvalue weighted by atomic mass is 19.1. The molecule has 1 aliphatic heterocycles. The number of carbonyl (C=O) groups is 2. The number of ether oxygens (including phenoxy) is 1. The lowest BCUT2D eigenvalue weighted by atomic mass is 10.1. The van der Waals surface area contributed by atoms with E-state index in [1.807, 2.05) is 6.07 Å². The molecule has 0 aliphatic carbocycles. The summed E-state index contributed by atoms with van der Waals surface area (Å²) in [5.41, 5.74) is -2.35. The summed E-state index contributed by atoms with van der Waals surface area (Å²) in [6.07, 6.45) is -0.972. The summed E-state index contributed by atoms with van der Waals surface area (Å²) in [7, 11) is 0. The Labute approximate surface area is 116 Å². The first kappa shape index (κ1) is 14.3. The molecule has 1 aliphatic rings. The molecule has 0 bridgehead atoms. The normalized spacial score (nSPS) is 23.4. The van der Waals surface area contributed by atoms with Crippen molar-refractivity contribution in [2.45, 2.75) is 25.1 Å². The van der Waals surface area contributed by atoms with Crippen molar-refractivity contribution in [2.75, 3.05) is 13.1 Å². The van der Waals surface area contributed by atoms with Gasteiger partial charge in [0.1, 0.15) is 5.75 Å². The van der Waals surface area contributed by atoms with Gasteiger partial charge in [-0.2, -0.15) is 0 Å². The molecule has 1 aromatic rings. The number of carboxylic acids is 1. The van der Waals surface area contributed by atoms with Crippen LogP contribution in [-0.2, 0) is 9.59 Å². The van der Waals surface area contributed by atoms with Crippen LogP contribution < -0.4 is 4.74 Å². The lowest BCUT2D eigenvalue weighted by Gasteiger charge is -2.22. The van der Waals surface area contributed by atoms with Gasteiger partial charge in [0.2, 0.25) is 5.67 Å². The van der Waals surface area contributed by atoms with Gasteiger partial charge < -0.3 is 14.7 Å². The molecule has 6 heteroatoms. The van der Waals surface area contributed by atoms with E-state index in [1.54, 1.807) is 31.2 Å². The lowest BCUT2D eigenvalue weighted by Crippen LogP contribution is -2.43. The van der Waals surface area contributed by atoms with Crippen LogP contribution in [0, 0.1) is 0 Å². The van der Waals surface area contributed by atoms with Crippen molar-refractivity contribution in [2.24, 2.45) is 0 Å². The fourth-order valence-electron chi connectivity index (χ4n) is 2.15. The maximum absolute atomic E-state index is 13.9. The average molecular weight is 281 g/mol. The number of benzene rings is 1. The Morgan fingerprint density at radius 1 is 1.40 bits per heavy atom. The molecular weight excluding hydrogens is 265 g/mol. The SMILES string of the molecule is CC(Oc1ccccc1)C(=O)N1CCC(F)(C(=O)O)C1. The minimum atomic E-state index is -2.35. The molecule has 0 radical (unpaired) electrons. The van der Waals surface area contributed by atoms with Gasteiger partial charge in [0, 0.05) is 13.0 Å². The van der Waals surface area contributed by atoms with Gasteiger partial charge in [-0.25, -0.2) is 9.18 Å². The van der Waals surface area contributed by atoms with E-state index >= 15 is 0 Å². The number of amides is 1. The number of aliphatic carboxylic acids is 1. The summed E-state index contributed by atoms with van der Waals surface area (Å²) in [4.78, 5) is 24.1. The van der Waals surface area contributed by atoms with E-state index in [2.05, 4.69) is 0 Å². The van der Waals surface area contributed by atoms with E-state index in [1.165, 1.54) is 4.90 Å². The molecule has 20 heavy (non-hydrogen) atoms. The largest absolute Gasteiger partial charge is 0.481 e. The van der Waals surface area contributed by atoms with Crippen LogP contribution in [0.1, 0.15) is 13.3 Å². The van der Waals surface area contributed by atoms with Crippen LogP contribution in [0.15, 0.2) is 30.3 Å². The molecule has 0 spiro atoms. The van der Waals surface area contributed by atoms with Gasteiger partial charge in [-0.1, -0.05) is 18.2 Å². The summed E-state index contributed by atoms with van der Waals surface area (Å²) >= 11 is 0. The summed E-state index contributed by atoms with van der Waals surface area (Å²) in [6.45, 7) is 1.22. The molecular formula is C14H16FNO4. The smallest absolute Gasteiger partial charge is 0.343 e. The lowest BCUT2D eigenvalue weighted by molar-refractivity contribution is -0.150. The molecule has 1 N–H and O–H groups in total. The molecule has 1 aromatic carbocycles. The van der Waals surface area contributed by atoms with Gasteiger partial charge in [0.15, 0.2) is 6.10 Å². The van der Waals surface area contributed by atoms with E-state index in [-0.39, 0.29) is 13.0 Å². The fraction of sp³-hybridized carbons (Fsp3) is 0.429. The third kappa shape index (κ3) is 2.89. The van der Waals surface area contributed by atoms with Crippen LogP contribution in [0.4, 0.5) is 4.39 Å². The van der Waals surface area contributed by atoms with Crippen LogP contribution in [0.3, 0.4) is 0 Å². The second kappa shape index (κ2) is 5.48. The van der Waals surface area contributed by atoms with Crippen LogP contribution in [-0.4, -0.2) is 46.7 Å². The molecule has 2 unspecified atom stereocenters. The summed E-state index contributed by atoms with van der Waals surface area (Å²) in [5, 5.41) is 8.80. The average Bonchev–Trinajstić information content (AvgIpc) is 2.83. The van der Waals surface area contributed by atoms with E-state index in [0.29, 0.717) is 5.75 Å². The number of hydrogen-bond donors (Lipinski definition) is 1. The monoisotopic (exact) mass is 281 g/mol. The van der Waals surface area contributed by atoms with E-state index in [4.69, 9.17) is 9.84 Å². The first-order valence-electron chi connectivity index (χ1n) is 6.35. The van der Waals surface area contributed by atoms with Gasteiger partial charge in [0.05, 0.1) is 6.54 Å². The number of carboxylic acid groups (broad SMARTS) is 1. The zero-order chi connectivity index (χ0) is 14.8. The Bertz CT molecular complexity index is 507. The number of carbonyl (C=O) groups excluding carboxylic acids is 1. The topological polar surface area (TPSA) is 66.8 Å². The Hall–Kier alpha value is -2.11. The van der Waals surface area contributed by atoms with Crippen molar-refractivity contribution in [3.63, 3.8) is 0 Å². The Kier molecular flexibility index (Phi) is 3.92. The Morgan fingerprint density at radius 2 is 2.05 bits per heavy atom. The van der Waals surface area contributed by atoms with Gasteiger partial charge in [-0.05, 0) is 19.1 Å². The molecule has 2 rings (SSSR count). The molecule has 108 valence electrons. The number of para-hydroxylation sites is 1. The zero-order valence-corrected chi connectivity index (χ0v) is 11.1. The van der Waals surface area contributed by atoms with Gasteiger partial charge in [-0.3, -0.25) is 4.79 Å². The number of hydrogen-bond acceptors (Lipinski definition) is 3. The maximum Gasteiger partial charge on any atom is 0.343 e. The predicted molar refractivity (Wildman–Crippen MR) is 69.2 cm³/mol.